The molecule has 4 aromatic rings. The van der Waals surface area contributed by atoms with E-state index in [1.807, 2.05) is 12.1 Å². The molecule has 0 saturated carbocycles. The number of H-pyrrole nitrogens is 2. The first-order chi connectivity index (χ1) is 15.5. The quantitative estimate of drug-likeness (QED) is 0.447. The first-order valence-electron chi connectivity index (χ1n) is 10.5. The Morgan fingerprint density at radius 3 is 2.78 bits per heavy atom. The van der Waals surface area contributed by atoms with Crippen LogP contribution in [-0.2, 0) is 11.2 Å². The number of anilines is 1. The summed E-state index contributed by atoms with van der Waals surface area (Å²) >= 11 is 0. The van der Waals surface area contributed by atoms with Gasteiger partial charge in [0.05, 0.1) is 35.3 Å². The summed E-state index contributed by atoms with van der Waals surface area (Å²) in [6, 6.07) is 10.6. The summed E-state index contributed by atoms with van der Waals surface area (Å²) in [4.78, 5) is 37.7. The summed E-state index contributed by atoms with van der Waals surface area (Å²) in [5.41, 5.74) is 2.19. The van der Waals surface area contributed by atoms with Gasteiger partial charge in [0.25, 0.3) is 5.91 Å². The lowest BCUT2D eigenvalue weighted by molar-refractivity contribution is 0.0382. The number of ether oxygens (including phenoxy) is 1. The number of aromatic amines is 2. The molecule has 0 unspecified atom stereocenters. The summed E-state index contributed by atoms with van der Waals surface area (Å²) in [5.74, 6) is -0.0449. The number of nitrogens with one attached hydrogen (secondary N) is 3. The predicted octanol–water partition coefficient (Wildman–Crippen LogP) is 2.67. The highest BCUT2D eigenvalue weighted by molar-refractivity contribution is 6.12. The van der Waals surface area contributed by atoms with E-state index in [0.717, 1.165) is 56.1 Å². The van der Waals surface area contributed by atoms with Crippen molar-refractivity contribution in [2.75, 3.05) is 38.2 Å². The highest BCUT2D eigenvalue weighted by Crippen LogP contribution is 2.21. The van der Waals surface area contributed by atoms with Crippen LogP contribution in [0.1, 0.15) is 16.2 Å². The number of nitrogens with zero attached hydrogens (tertiary/aromatic N) is 2. The molecule has 8 nitrogen and oxygen atoms in total. The van der Waals surface area contributed by atoms with Crippen LogP contribution in [0.4, 0.5) is 10.1 Å². The Morgan fingerprint density at radius 1 is 1.09 bits per heavy atom. The second kappa shape index (κ2) is 8.52. The van der Waals surface area contributed by atoms with E-state index in [-0.39, 0.29) is 11.1 Å². The van der Waals surface area contributed by atoms with Crippen LogP contribution >= 0.6 is 0 Å². The number of halogens is 1. The van der Waals surface area contributed by atoms with Gasteiger partial charge in [-0.05, 0) is 36.4 Å². The van der Waals surface area contributed by atoms with Gasteiger partial charge in [-0.25, -0.2) is 9.37 Å². The summed E-state index contributed by atoms with van der Waals surface area (Å²) in [5, 5.41) is 3.29. The van der Waals surface area contributed by atoms with Crippen LogP contribution in [0.15, 0.2) is 47.3 Å². The number of imidazole rings is 1. The smallest absolute Gasteiger partial charge is 0.256 e. The Hall–Kier alpha value is -3.56. The van der Waals surface area contributed by atoms with E-state index in [1.54, 1.807) is 6.07 Å². The van der Waals surface area contributed by atoms with Gasteiger partial charge in [0.1, 0.15) is 11.6 Å². The fourth-order valence-corrected chi connectivity index (χ4v) is 3.97. The molecule has 0 atom stereocenters. The molecule has 1 amide bonds. The number of morpholine rings is 1. The van der Waals surface area contributed by atoms with Crippen molar-refractivity contribution < 1.29 is 13.9 Å². The number of carbonyl (C=O) groups is 1. The molecule has 1 fully saturated rings. The van der Waals surface area contributed by atoms with Crippen LogP contribution < -0.4 is 10.9 Å². The molecule has 0 spiro atoms. The summed E-state index contributed by atoms with van der Waals surface area (Å²) in [6.07, 6.45) is 0.797. The number of pyridine rings is 1. The van der Waals surface area contributed by atoms with Gasteiger partial charge in [-0.3, -0.25) is 14.5 Å². The van der Waals surface area contributed by atoms with Crippen LogP contribution in [0.25, 0.3) is 21.9 Å². The van der Waals surface area contributed by atoms with Gasteiger partial charge in [-0.15, -0.1) is 0 Å². The lowest BCUT2D eigenvalue weighted by Crippen LogP contribution is -2.37. The maximum absolute atomic E-state index is 13.5. The standard InChI is InChI=1S/C23H22FN5O3/c24-14-1-3-16-17(13-22(30)28-19(16)11-14)23(31)25-15-2-4-18-20(12-15)27-21(26-18)5-6-29-7-9-32-10-8-29/h1-4,11-13H,5-10H2,(H,25,31)(H,26,27)(H,28,30). The summed E-state index contributed by atoms with van der Waals surface area (Å²) in [7, 11) is 0. The molecule has 1 aliphatic heterocycles. The van der Waals surface area contributed by atoms with E-state index in [0.29, 0.717) is 11.1 Å². The van der Waals surface area contributed by atoms with Gasteiger partial charge < -0.3 is 20.0 Å². The number of aromatic nitrogens is 3. The van der Waals surface area contributed by atoms with Crippen molar-refractivity contribution in [3.8, 4) is 0 Å². The third-order valence-electron chi connectivity index (χ3n) is 5.61. The fourth-order valence-electron chi connectivity index (χ4n) is 3.97. The third kappa shape index (κ3) is 4.25. The Morgan fingerprint density at radius 2 is 1.94 bits per heavy atom. The van der Waals surface area contributed by atoms with Gasteiger partial charge in [-0.1, -0.05) is 0 Å². The zero-order valence-corrected chi connectivity index (χ0v) is 17.3. The van der Waals surface area contributed by atoms with E-state index >= 15 is 0 Å². The highest BCUT2D eigenvalue weighted by Gasteiger charge is 2.14. The Bertz CT molecular complexity index is 1360. The number of hydrogen-bond acceptors (Lipinski definition) is 5. The lowest BCUT2D eigenvalue weighted by Gasteiger charge is -2.25. The predicted molar refractivity (Wildman–Crippen MR) is 120 cm³/mol. The number of amides is 1. The van der Waals surface area contributed by atoms with Gasteiger partial charge in [0, 0.05) is 43.2 Å². The Labute approximate surface area is 182 Å². The molecule has 2 aromatic heterocycles. The second-order valence-corrected chi connectivity index (χ2v) is 7.81. The maximum Gasteiger partial charge on any atom is 0.256 e. The monoisotopic (exact) mass is 435 g/mol. The van der Waals surface area contributed by atoms with E-state index in [2.05, 4.69) is 25.2 Å². The number of rotatable bonds is 5. The molecule has 0 radical (unpaired) electrons. The van der Waals surface area contributed by atoms with Crippen LogP contribution in [0.3, 0.4) is 0 Å². The third-order valence-corrected chi connectivity index (χ3v) is 5.61. The molecule has 32 heavy (non-hydrogen) atoms. The average molecular weight is 435 g/mol. The van der Waals surface area contributed by atoms with Crippen molar-refractivity contribution in [3.63, 3.8) is 0 Å². The molecular formula is C23H22FN5O3. The minimum Gasteiger partial charge on any atom is -0.379 e. The van der Waals surface area contributed by atoms with Crippen LogP contribution in [-0.4, -0.2) is 58.6 Å². The summed E-state index contributed by atoms with van der Waals surface area (Å²) < 4.78 is 18.9. The van der Waals surface area contributed by atoms with Crippen molar-refractivity contribution in [2.45, 2.75) is 6.42 Å². The zero-order chi connectivity index (χ0) is 22.1. The molecular weight excluding hydrogens is 413 g/mol. The fraction of sp³-hybridized carbons (Fsp3) is 0.261. The minimum atomic E-state index is -0.486. The van der Waals surface area contributed by atoms with Gasteiger partial charge in [-0.2, -0.15) is 0 Å². The number of fused-ring (bicyclic) bond motifs is 2. The molecule has 0 aliphatic carbocycles. The van der Waals surface area contributed by atoms with Crippen molar-refractivity contribution >= 4 is 33.5 Å². The normalized spacial score (nSPS) is 14.8. The lowest BCUT2D eigenvalue weighted by atomic mass is 10.1. The van der Waals surface area contributed by atoms with Gasteiger partial charge in [0.2, 0.25) is 5.56 Å². The first-order valence-corrected chi connectivity index (χ1v) is 10.5. The maximum atomic E-state index is 13.5. The molecule has 2 aromatic carbocycles. The molecule has 3 N–H and O–H groups in total. The molecule has 0 bridgehead atoms. The van der Waals surface area contributed by atoms with Crippen LogP contribution in [0.5, 0.6) is 0 Å². The largest absolute Gasteiger partial charge is 0.379 e. The number of carbonyl (C=O) groups excluding carboxylic acids is 1. The average Bonchev–Trinajstić information content (AvgIpc) is 3.19. The van der Waals surface area contributed by atoms with Gasteiger partial charge >= 0.3 is 0 Å². The molecule has 164 valence electrons. The van der Waals surface area contributed by atoms with E-state index in [4.69, 9.17) is 4.74 Å². The number of hydrogen-bond donors (Lipinski definition) is 3. The first kappa shape index (κ1) is 20.3. The summed E-state index contributed by atoms with van der Waals surface area (Å²) in [6.45, 7) is 4.30. The zero-order valence-electron chi connectivity index (χ0n) is 17.3. The van der Waals surface area contributed by atoms with E-state index in [9.17, 15) is 14.0 Å². The number of benzene rings is 2. The van der Waals surface area contributed by atoms with Crippen molar-refractivity contribution in [3.05, 3.63) is 70.0 Å². The van der Waals surface area contributed by atoms with Crippen molar-refractivity contribution in [1.29, 1.82) is 0 Å². The van der Waals surface area contributed by atoms with Crippen LogP contribution in [0.2, 0.25) is 0 Å². The van der Waals surface area contributed by atoms with E-state index < -0.39 is 17.3 Å². The Balaban J connectivity index is 1.34. The molecule has 1 saturated heterocycles. The molecule has 5 rings (SSSR count). The minimum absolute atomic E-state index is 0.180. The molecule has 9 heteroatoms. The van der Waals surface area contributed by atoms with Crippen molar-refractivity contribution in [2.24, 2.45) is 0 Å². The van der Waals surface area contributed by atoms with Gasteiger partial charge in [0.15, 0.2) is 0 Å². The van der Waals surface area contributed by atoms with Crippen LogP contribution in [0, 0.1) is 5.82 Å². The SMILES string of the molecule is O=C(Nc1ccc2nc(CCN3CCOCC3)[nH]c2c1)c1cc(=O)[nH]c2cc(F)ccc12. The molecule has 3 heterocycles. The topological polar surface area (TPSA) is 103 Å². The highest BCUT2D eigenvalue weighted by atomic mass is 19.1. The second-order valence-electron chi connectivity index (χ2n) is 7.81. The van der Waals surface area contributed by atoms with E-state index in [1.165, 1.54) is 24.3 Å². The Kier molecular flexibility index (Phi) is 5.42. The van der Waals surface area contributed by atoms with Crippen molar-refractivity contribution in [1.82, 2.24) is 19.9 Å². The molecule has 1 aliphatic rings.